The Morgan fingerprint density at radius 3 is 2.75 bits per heavy atom. The maximum atomic E-state index is 13.0. The minimum Gasteiger partial charge on any atom is -0.329 e. The molecular weight excluding hydrogens is 402 g/mol. The zero-order chi connectivity index (χ0) is 22.2. The lowest BCUT2D eigenvalue weighted by molar-refractivity contribution is -0.126. The smallest absolute Gasteiger partial charge is 0.255 e. The third-order valence-corrected chi connectivity index (χ3v) is 7.13. The van der Waals surface area contributed by atoms with E-state index in [2.05, 4.69) is 38.9 Å². The molecule has 7 heteroatoms. The van der Waals surface area contributed by atoms with Crippen molar-refractivity contribution in [2.45, 2.75) is 57.7 Å². The van der Waals surface area contributed by atoms with Crippen LogP contribution in [-0.2, 0) is 17.9 Å². The highest BCUT2D eigenvalue weighted by molar-refractivity contribution is 6.01. The number of piperidine rings is 2. The second-order valence-corrected chi connectivity index (χ2v) is 9.18. The van der Waals surface area contributed by atoms with Crippen LogP contribution in [0.5, 0.6) is 0 Å². The van der Waals surface area contributed by atoms with Gasteiger partial charge in [-0.05, 0) is 68.8 Å². The summed E-state index contributed by atoms with van der Waals surface area (Å²) in [5.41, 5.74) is 6.06. The monoisotopic (exact) mass is 431 g/mol. The van der Waals surface area contributed by atoms with Crippen molar-refractivity contribution >= 4 is 11.8 Å². The van der Waals surface area contributed by atoms with Crippen LogP contribution in [0.3, 0.4) is 0 Å². The quantitative estimate of drug-likeness (QED) is 0.805. The molecule has 0 spiro atoms. The first kappa shape index (κ1) is 20.8. The van der Waals surface area contributed by atoms with Gasteiger partial charge in [-0.2, -0.15) is 0 Å². The molecule has 5 rings (SSSR count). The number of amides is 2. The Bertz CT molecular complexity index is 1070. The van der Waals surface area contributed by atoms with E-state index in [9.17, 15) is 9.59 Å². The molecule has 7 nitrogen and oxygen atoms in total. The van der Waals surface area contributed by atoms with Crippen LogP contribution < -0.4 is 5.32 Å². The van der Waals surface area contributed by atoms with Gasteiger partial charge in [-0.3, -0.25) is 14.5 Å². The number of likely N-dealkylation sites (tertiary alicyclic amines) is 1. The number of rotatable bonds is 4. The molecule has 1 N–H and O–H groups in total. The fraction of sp³-hybridized carbons (Fsp3) is 0.440. The Kier molecular flexibility index (Phi) is 5.51. The van der Waals surface area contributed by atoms with Crippen molar-refractivity contribution in [1.82, 2.24) is 25.1 Å². The molecule has 32 heavy (non-hydrogen) atoms. The minimum atomic E-state index is -0.405. The van der Waals surface area contributed by atoms with Gasteiger partial charge in [0.2, 0.25) is 5.91 Å². The summed E-state index contributed by atoms with van der Waals surface area (Å²) in [6.07, 6.45) is 7.06. The predicted octanol–water partition coefficient (Wildman–Crippen LogP) is 2.91. The Hall–Kier alpha value is -3.06. The summed E-state index contributed by atoms with van der Waals surface area (Å²) in [6.45, 7) is 9.34. The number of carbonyl (C=O) groups excluding carboxylic acids is 2. The van der Waals surface area contributed by atoms with E-state index >= 15 is 0 Å². The third kappa shape index (κ3) is 3.93. The van der Waals surface area contributed by atoms with Gasteiger partial charge < -0.3 is 10.2 Å². The molecule has 0 aliphatic carbocycles. The Labute approximate surface area is 188 Å². The van der Waals surface area contributed by atoms with Crippen LogP contribution in [0, 0.1) is 6.92 Å². The standard InChI is InChI=1S/C25H29N5O2/c1-16-3-6-23(24(31)28-16)30-14-20-11-19(4-5-22(20)25(30)32)18-7-9-29(10-8-18)13-21-12-26-15-27-17(21)2/h4-5,11-12,15,18,23H,1,3,6-10,13-14H2,2H3,(H,28,31). The molecule has 2 aromatic rings. The lowest BCUT2D eigenvalue weighted by atomic mass is 9.87. The fourth-order valence-electron chi connectivity index (χ4n) is 5.17. The maximum absolute atomic E-state index is 13.0. The van der Waals surface area contributed by atoms with Crippen molar-refractivity contribution in [3.8, 4) is 0 Å². The van der Waals surface area contributed by atoms with Gasteiger partial charge in [0.25, 0.3) is 5.91 Å². The van der Waals surface area contributed by atoms with Gasteiger partial charge in [0.1, 0.15) is 12.4 Å². The van der Waals surface area contributed by atoms with Gasteiger partial charge >= 0.3 is 0 Å². The molecular formula is C25H29N5O2. The molecule has 3 aliphatic rings. The van der Waals surface area contributed by atoms with Crippen molar-refractivity contribution in [3.63, 3.8) is 0 Å². The van der Waals surface area contributed by atoms with Crippen LogP contribution in [0.1, 0.15) is 64.3 Å². The Balaban J connectivity index is 1.23. The van der Waals surface area contributed by atoms with Gasteiger partial charge in [0, 0.05) is 41.8 Å². The summed E-state index contributed by atoms with van der Waals surface area (Å²) in [5, 5.41) is 2.80. The van der Waals surface area contributed by atoms with E-state index < -0.39 is 6.04 Å². The zero-order valence-electron chi connectivity index (χ0n) is 18.5. The van der Waals surface area contributed by atoms with Crippen LogP contribution in [-0.4, -0.2) is 50.7 Å². The molecule has 2 saturated heterocycles. The number of hydrogen-bond donors (Lipinski definition) is 1. The average Bonchev–Trinajstić information content (AvgIpc) is 3.11. The van der Waals surface area contributed by atoms with Crippen LogP contribution in [0.4, 0.5) is 0 Å². The van der Waals surface area contributed by atoms with Crippen molar-refractivity contribution in [1.29, 1.82) is 0 Å². The van der Waals surface area contributed by atoms with E-state index in [4.69, 9.17) is 0 Å². The van der Waals surface area contributed by atoms with Crippen molar-refractivity contribution in [2.24, 2.45) is 0 Å². The highest BCUT2D eigenvalue weighted by Crippen LogP contribution is 2.34. The molecule has 1 unspecified atom stereocenters. The van der Waals surface area contributed by atoms with Crippen molar-refractivity contribution in [3.05, 3.63) is 70.9 Å². The normalized spacial score (nSPS) is 22.2. The number of nitrogens with zero attached hydrogens (tertiary/aromatic N) is 4. The lowest BCUT2D eigenvalue weighted by Crippen LogP contribution is -2.49. The van der Waals surface area contributed by atoms with Gasteiger partial charge in [-0.1, -0.05) is 18.7 Å². The molecule has 3 aliphatic heterocycles. The predicted molar refractivity (Wildman–Crippen MR) is 121 cm³/mol. The topological polar surface area (TPSA) is 78.4 Å². The number of carbonyl (C=O) groups is 2. The number of fused-ring (bicyclic) bond motifs is 1. The summed E-state index contributed by atoms with van der Waals surface area (Å²) >= 11 is 0. The molecule has 1 aromatic carbocycles. The van der Waals surface area contributed by atoms with Crippen LogP contribution in [0.15, 0.2) is 43.0 Å². The number of benzene rings is 1. The van der Waals surface area contributed by atoms with Gasteiger partial charge in [0.15, 0.2) is 0 Å². The van der Waals surface area contributed by atoms with Gasteiger partial charge in [-0.25, -0.2) is 9.97 Å². The van der Waals surface area contributed by atoms with Crippen molar-refractivity contribution < 1.29 is 9.59 Å². The molecule has 1 atom stereocenters. The van der Waals surface area contributed by atoms with E-state index in [1.165, 1.54) is 11.1 Å². The molecule has 1 aromatic heterocycles. The van der Waals surface area contributed by atoms with E-state index in [1.807, 2.05) is 19.2 Å². The minimum absolute atomic E-state index is 0.0329. The largest absolute Gasteiger partial charge is 0.329 e. The molecule has 0 radical (unpaired) electrons. The van der Waals surface area contributed by atoms with Crippen LogP contribution >= 0.6 is 0 Å². The van der Waals surface area contributed by atoms with Crippen LogP contribution in [0.2, 0.25) is 0 Å². The number of aryl methyl sites for hydroxylation is 1. The molecule has 2 fully saturated rings. The molecule has 0 bridgehead atoms. The van der Waals surface area contributed by atoms with Gasteiger partial charge in [-0.15, -0.1) is 0 Å². The Morgan fingerprint density at radius 1 is 1.19 bits per heavy atom. The first-order valence-corrected chi connectivity index (χ1v) is 11.4. The molecule has 4 heterocycles. The summed E-state index contributed by atoms with van der Waals surface area (Å²) in [5.74, 6) is 0.346. The summed E-state index contributed by atoms with van der Waals surface area (Å²) in [7, 11) is 0. The number of allylic oxidation sites excluding steroid dienone is 1. The SMILES string of the molecule is C=C1CCC(N2Cc3cc(C4CCN(Cc5cncnc5C)CC4)ccc3C2=O)C(=O)N1. The second kappa shape index (κ2) is 8.47. The van der Waals surface area contributed by atoms with E-state index in [0.29, 0.717) is 18.9 Å². The average molecular weight is 432 g/mol. The summed E-state index contributed by atoms with van der Waals surface area (Å²) < 4.78 is 0. The number of aromatic nitrogens is 2. The van der Waals surface area contributed by atoms with E-state index in [0.717, 1.165) is 61.4 Å². The maximum Gasteiger partial charge on any atom is 0.255 e. The number of nitrogens with one attached hydrogen (secondary N) is 1. The van der Waals surface area contributed by atoms with E-state index in [-0.39, 0.29) is 11.8 Å². The lowest BCUT2D eigenvalue weighted by Gasteiger charge is -2.32. The second-order valence-electron chi connectivity index (χ2n) is 9.18. The summed E-state index contributed by atoms with van der Waals surface area (Å²) in [6, 6.07) is 5.86. The highest BCUT2D eigenvalue weighted by Gasteiger charge is 2.38. The van der Waals surface area contributed by atoms with Crippen molar-refractivity contribution in [2.75, 3.05) is 13.1 Å². The highest BCUT2D eigenvalue weighted by atomic mass is 16.2. The first-order valence-electron chi connectivity index (χ1n) is 11.4. The Morgan fingerprint density at radius 2 is 2.00 bits per heavy atom. The molecule has 166 valence electrons. The summed E-state index contributed by atoms with van der Waals surface area (Å²) in [4.78, 5) is 38.0. The third-order valence-electron chi connectivity index (χ3n) is 7.13. The van der Waals surface area contributed by atoms with Gasteiger partial charge in [0.05, 0.1) is 0 Å². The fourth-order valence-corrected chi connectivity index (χ4v) is 5.17. The first-order chi connectivity index (χ1) is 15.5. The molecule has 2 amide bonds. The van der Waals surface area contributed by atoms with E-state index in [1.54, 1.807) is 11.2 Å². The molecule has 0 saturated carbocycles. The number of hydrogen-bond acceptors (Lipinski definition) is 5. The van der Waals surface area contributed by atoms with Crippen LogP contribution in [0.25, 0.3) is 0 Å². The zero-order valence-corrected chi connectivity index (χ0v) is 18.5.